The summed E-state index contributed by atoms with van der Waals surface area (Å²) in [6.07, 6.45) is 0.767. The number of carbonyl (C=O) groups is 3. The molecule has 152 valence electrons. The maximum absolute atomic E-state index is 12.6. The largest absolute Gasteiger partial charge is 0.482 e. The third kappa shape index (κ3) is 4.89. The molecule has 8 heteroatoms. The van der Waals surface area contributed by atoms with Gasteiger partial charge in [0, 0.05) is 28.7 Å². The number of benzene rings is 2. The molecule has 1 N–H and O–H groups in total. The van der Waals surface area contributed by atoms with Gasteiger partial charge in [-0.1, -0.05) is 19.1 Å². The van der Waals surface area contributed by atoms with Crippen molar-refractivity contribution in [3.63, 3.8) is 0 Å². The maximum Gasteiger partial charge on any atom is 0.335 e. The second kappa shape index (κ2) is 9.00. The molecule has 29 heavy (non-hydrogen) atoms. The van der Waals surface area contributed by atoms with E-state index in [1.54, 1.807) is 35.2 Å². The highest BCUT2D eigenvalue weighted by Crippen LogP contribution is 2.33. The lowest BCUT2D eigenvalue weighted by atomic mass is 10.1. The van der Waals surface area contributed by atoms with Crippen LogP contribution in [0, 0.1) is 0 Å². The Kier molecular flexibility index (Phi) is 6.43. The minimum absolute atomic E-state index is 0.0281. The second-order valence-electron chi connectivity index (χ2n) is 6.67. The van der Waals surface area contributed by atoms with Crippen molar-refractivity contribution in [1.29, 1.82) is 0 Å². The van der Waals surface area contributed by atoms with Crippen LogP contribution < -0.4 is 9.64 Å². The predicted molar refractivity (Wildman–Crippen MR) is 109 cm³/mol. The van der Waals surface area contributed by atoms with E-state index >= 15 is 0 Å². The second-order valence-corrected chi connectivity index (χ2v) is 8.13. The van der Waals surface area contributed by atoms with E-state index in [1.165, 1.54) is 12.1 Å². The fourth-order valence-electron chi connectivity index (χ4n) is 3.10. The van der Waals surface area contributed by atoms with Gasteiger partial charge in [-0.05, 0) is 42.3 Å². The normalized spacial score (nSPS) is 14.1. The van der Waals surface area contributed by atoms with E-state index in [2.05, 4.69) is 0 Å². The average Bonchev–Trinajstić information content (AvgIpc) is 2.70. The first kappa shape index (κ1) is 20.7. The van der Waals surface area contributed by atoms with Crippen molar-refractivity contribution in [3.05, 3.63) is 59.2 Å². The van der Waals surface area contributed by atoms with Crippen LogP contribution in [0.5, 0.6) is 5.75 Å². The number of carboxylic acids is 1. The Morgan fingerprint density at radius 3 is 2.69 bits per heavy atom. The third-order valence-corrected chi connectivity index (χ3v) is 5.70. The Hall–Kier alpha value is -3.00. The molecule has 0 radical (unpaired) electrons. The molecule has 0 saturated heterocycles. The fraction of sp³-hybridized carbons (Fsp3) is 0.286. The number of ketones is 1. The van der Waals surface area contributed by atoms with Gasteiger partial charge in [0.25, 0.3) is 5.91 Å². The summed E-state index contributed by atoms with van der Waals surface area (Å²) < 4.78 is 17.9. The average molecular weight is 415 g/mol. The first-order valence-corrected chi connectivity index (χ1v) is 10.7. The molecule has 0 fully saturated rings. The van der Waals surface area contributed by atoms with Crippen LogP contribution in [0.3, 0.4) is 0 Å². The summed E-state index contributed by atoms with van der Waals surface area (Å²) in [5.41, 5.74) is 1.61. The number of fused-ring (bicyclic) bond motifs is 1. The standard InChI is InChI=1S/C21H21NO6S/c1-2-8-22-17-10-15(6-7-19(17)28-11-20(22)24)18(23)13-29(27)12-14-4-3-5-16(9-14)21(25)26/h3-7,9-10H,2,8,11-13H2,1H3,(H,25,26). The number of hydrogen-bond donors (Lipinski definition) is 1. The van der Waals surface area contributed by atoms with Crippen molar-refractivity contribution in [2.75, 3.05) is 23.8 Å². The van der Waals surface area contributed by atoms with Crippen molar-refractivity contribution in [2.24, 2.45) is 0 Å². The van der Waals surface area contributed by atoms with Gasteiger partial charge in [0.1, 0.15) is 5.75 Å². The van der Waals surface area contributed by atoms with E-state index in [0.29, 0.717) is 29.1 Å². The molecule has 1 aliphatic heterocycles. The first-order chi connectivity index (χ1) is 13.9. The van der Waals surface area contributed by atoms with Crippen LogP contribution in [0.2, 0.25) is 0 Å². The molecule has 0 spiro atoms. The van der Waals surface area contributed by atoms with E-state index in [4.69, 9.17) is 9.84 Å². The molecule has 0 saturated carbocycles. The monoisotopic (exact) mass is 415 g/mol. The van der Waals surface area contributed by atoms with Crippen molar-refractivity contribution < 1.29 is 28.4 Å². The van der Waals surface area contributed by atoms with Crippen molar-refractivity contribution in [1.82, 2.24) is 0 Å². The summed E-state index contributed by atoms with van der Waals surface area (Å²) in [7, 11) is -1.50. The van der Waals surface area contributed by atoms with E-state index in [1.807, 2.05) is 6.92 Å². The van der Waals surface area contributed by atoms with Crippen LogP contribution in [0.1, 0.15) is 39.6 Å². The van der Waals surface area contributed by atoms with Crippen LogP contribution in [-0.2, 0) is 21.3 Å². The highest BCUT2D eigenvalue weighted by atomic mass is 32.2. The van der Waals surface area contributed by atoms with Crippen LogP contribution >= 0.6 is 0 Å². The summed E-state index contributed by atoms with van der Waals surface area (Å²) in [6, 6.07) is 11.0. The lowest BCUT2D eigenvalue weighted by Crippen LogP contribution is -2.39. The molecule has 2 aromatic carbocycles. The quantitative estimate of drug-likeness (QED) is 0.665. The van der Waals surface area contributed by atoms with Crippen LogP contribution in [-0.4, -0.2) is 45.9 Å². The van der Waals surface area contributed by atoms with Gasteiger partial charge < -0.3 is 14.7 Å². The van der Waals surface area contributed by atoms with Gasteiger partial charge in [-0.25, -0.2) is 4.79 Å². The number of ether oxygens (including phenoxy) is 1. The highest BCUT2D eigenvalue weighted by Gasteiger charge is 2.26. The zero-order valence-corrected chi connectivity index (χ0v) is 16.7. The molecule has 7 nitrogen and oxygen atoms in total. The molecule has 1 aliphatic rings. The van der Waals surface area contributed by atoms with Crippen molar-refractivity contribution >= 4 is 34.1 Å². The van der Waals surface area contributed by atoms with Gasteiger partial charge in [0.05, 0.1) is 17.0 Å². The van der Waals surface area contributed by atoms with Crippen LogP contribution in [0.4, 0.5) is 5.69 Å². The molecular formula is C21H21NO6S. The smallest absolute Gasteiger partial charge is 0.335 e. The van der Waals surface area contributed by atoms with Crippen molar-refractivity contribution in [2.45, 2.75) is 19.1 Å². The number of aromatic carboxylic acids is 1. The number of carbonyl (C=O) groups excluding carboxylic acids is 2. The van der Waals surface area contributed by atoms with Crippen molar-refractivity contribution in [3.8, 4) is 5.75 Å². The molecule has 1 heterocycles. The molecule has 0 bridgehead atoms. The molecule has 2 aromatic rings. The van der Waals surface area contributed by atoms with Gasteiger partial charge in [-0.15, -0.1) is 0 Å². The van der Waals surface area contributed by atoms with Gasteiger partial charge >= 0.3 is 5.97 Å². The number of carboxylic acid groups (broad SMARTS) is 1. The fourth-order valence-corrected chi connectivity index (χ4v) is 4.22. The van der Waals surface area contributed by atoms with Gasteiger partial charge in [0.2, 0.25) is 0 Å². The number of anilines is 1. The minimum atomic E-state index is -1.50. The summed E-state index contributed by atoms with van der Waals surface area (Å²) in [5.74, 6) is -1.10. The minimum Gasteiger partial charge on any atom is -0.482 e. The molecule has 3 rings (SSSR count). The zero-order chi connectivity index (χ0) is 21.0. The lowest BCUT2D eigenvalue weighted by Gasteiger charge is -2.29. The van der Waals surface area contributed by atoms with E-state index in [-0.39, 0.29) is 35.4 Å². The third-order valence-electron chi connectivity index (χ3n) is 4.46. The van der Waals surface area contributed by atoms with E-state index in [9.17, 15) is 18.6 Å². The summed E-state index contributed by atoms with van der Waals surface area (Å²) in [6.45, 7) is 2.46. The Morgan fingerprint density at radius 2 is 1.97 bits per heavy atom. The molecule has 1 atom stereocenters. The molecular weight excluding hydrogens is 394 g/mol. The first-order valence-electron chi connectivity index (χ1n) is 9.16. The summed E-state index contributed by atoms with van der Waals surface area (Å²) in [5, 5.41) is 9.04. The predicted octanol–water partition coefficient (Wildman–Crippen LogP) is 2.65. The number of hydrogen-bond acceptors (Lipinski definition) is 5. The number of amides is 1. The zero-order valence-electron chi connectivity index (χ0n) is 15.9. The molecule has 1 amide bonds. The molecule has 0 aromatic heterocycles. The number of rotatable bonds is 8. The lowest BCUT2D eigenvalue weighted by molar-refractivity contribution is -0.121. The maximum atomic E-state index is 12.6. The Morgan fingerprint density at radius 1 is 1.17 bits per heavy atom. The Bertz CT molecular complexity index is 987. The molecule has 0 aliphatic carbocycles. The van der Waals surface area contributed by atoms with Crippen LogP contribution in [0.15, 0.2) is 42.5 Å². The van der Waals surface area contributed by atoms with Gasteiger partial charge in [0.15, 0.2) is 12.4 Å². The summed E-state index contributed by atoms with van der Waals surface area (Å²) in [4.78, 5) is 37.4. The van der Waals surface area contributed by atoms with E-state index < -0.39 is 16.8 Å². The molecule has 1 unspecified atom stereocenters. The SMILES string of the molecule is CCCN1C(=O)COc2ccc(C(=O)CS(=O)Cc3cccc(C(=O)O)c3)cc21. The van der Waals surface area contributed by atoms with Gasteiger partial charge in [-0.2, -0.15) is 0 Å². The van der Waals surface area contributed by atoms with Crippen LogP contribution in [0.25, 0.3) is 0 Å². The van der Waals surface area contributed by atoms with E-state index in [0.717, 1.165) is 6.42 Å². The highest BCUT2D eigenvalue weighted by molar-refractivity contribution is 7.85. The topological polar surface area (TPSA) is 101 Å². The Labute approximate surface area is 170 Å². The Balaban J connectivity index is 1.72. The number of Topliss-reactive ketones (excluding diaryl/α,β-unsaturated/α-hetero) is 1. The van der Waals surface area contributed by atoms with Gasteiger partial charge in [-0.3, -0.25) is 13.8 Å². The summed E-state index contributed by atoms with van der Waals surface area (Å²) >= 11 is 0. The number of nitrogens with zero attached hydrogens (tertiary/aromatic N) is 1.